The molecule has 10 heteroatoms. The number of rotatable bonds is 56. The number of carbonyl (C=O) groups is 2. The van der Waals surface area contributed by atoms with Crippen LogP contribution in [0.25, 0.3) is 0 Å². The van der Waals surface area contributed by atoms with Crippen LogP contribution in [0.5, 0.6) is 0 Å². The van der Waals surface area contributed by atoms with E-state index in [0.29, 0.717) is 17.4 Å². The van der Waals surface area contributed by atoms with E-state index < -0.39 is 20.0 Å². The average molecular weight is 1100 g/mol. The van der Waals surface area contributed by atoms with Crippen LogP contribution in [0.4, 0.5) is 0 Å². The standard InChI is InChI=1S/C67H119N2O7P/c1-7-10-13-16-19-22-25-28-30-32-33-34-35-36-37-38-40-42-45-48-51-54-57-60-67(71)76-65(58-55-52-49-46-43-27-24-21-18-15-12-9-3)64(63-75-77(72,73)74-62-61-69(4,5)6)68-66(70)59-56-53-50-47-44-41-39-31-29-26-23-20-17-14-11-8-2/h11,14,19-20,22-23,28-31,33-34,36-37,55,58,64-65H,7-10,12-13,15-18,21,24-27,32,35,38-54,56-57,59-63H2,1-6H3,(H-,68,70,72,73)/p+1/b14-11+,22-19-,23-20+,30-28-,31-29+,34-33-,37-36-,58-55-. The highest BCUT2D eigenvalue weighted by molar-refractivity contribution is 7.47. The molecule has 0 saturated carbocycles. The van der Waals surface area contributed by atoms with Crippen molar-refractivity contribution in [3.63, 3.8) is 0 Å². The van der Waals surface area contributed by atoms with Crippen molar-refractivity contribution in [1.82, 2.24) is 5.32 Å². The normalized spacial score (nSPS) is 14.3. The Kier molecular flexibility index (Phi) is 54.0. The van der Waals surface area contributed by atoms with Crippen molar-refractivity contribution in [1.29, 1.82) is 0 Å². The molecule has 0 aromatic heterocycles. The summed E-state index contributed by atoms with van der Waals surface area (Å²) in [5, 5.41) is 3.05. The molecule has 9 nitrogen and oxygen atoms in total. The van der Waals surface area contributed by atoms with Crippen molar-refractivity contribution in [2.24, 2.45) is 0 Å². The average Bonchev–Trinajstić information content (AvgIpc) is 3.39. The lowest BCUT2D eigenvalue weighted by Crippen LogP contribution is -2.47. The zero-order chi connectivity index (χ0) is 56.4. The van der Waals surface area contributed by atoms with Crippen molar-refractivity contribution < 1.29 is 37.3 Å². The molecule has 0 spiro atoms. The highest BCUT2D eigenvalue weighted by Gasteiger charge is 2.30. The molecule has 0 aromatic carbocycles. The summed E-state index contributed by atoms with van der Waals surface area (Å²) in [4.78, 5) is 37.7. The first-order chi connectivity index (χ1) is 37.4. The Morgan fingerprint density at radius 2 is 0.831 bits per heavy atom. The number of allylic oxidation sites excluding steroid dienone is 15. The molecular formula is C67H120N2O7P+. The summed E-state index contributed by atoms with van der Waals surface area (Å²) in [6, 6.07) is -0.865. The van der Waals surface area contributed by atoms with Crippen molar-refractivity contribution in [3.8, 4) is 0 Å². The molecule has 77 heavy (non-hydrogen) atoms. The topological polar surface area (TPSA) is 111 Å². The Labute approximate surface area is 475 Å². The molecule has 0 aromatic rings. The SMILES string of the molecule is CC/C=C/C/C=C/C/C=C/CCCCCCCCC(=O)NC(COP(=O)(O)OCC[N+](C)(C)C)C(/C=C\CCCCCCCCCCCC)OC(=O)CCCCCCCCC/C=C\C/C=C\C/C=C\C/C=C\CCCCC. The molecule has 2 N–H and O–H groups in total. The Morgan fingerprint density at radius 3 is 1.27 bits per heavy atom. The first kappa shape index (κ1) is 73.9. The minimum absolute atomic E-state index is 0.0311. The number of hydrogen-bond acceptors (Lipinski definition) is 6. The number of phosphoric acid groups is 1. The quantitative estimate of drug-likeness (QED) is 0.0205. The third-order valence-electron chi connectivity index (χ3n) is 13.5. The molecule has 0 aliphatic heterocycles. The molecule has 0 heterocycles. The zero-order valence-electron chi connectivity index (χ0n) is 50.7. The molecule has 0 saturated heterocycles. The largest absolute Gasteiger partial charge is 0.472 e. The fraction of sp³-hybridized carbons (Fsp3) is 0.731. The third-order valence-corrected chi connectivity index (χ3v) is 14.5. The summed E-state index contributed by atoms with van der Waals surface area (Å²) in [5.74, 6) is -0.535. The lowest BCUT2D eigenvalue weighted by atomic mass is 10.0. The number of esters is 1. The Hall–Kier alpha value is -3.07. The van der Waals surface area contributed by atoms with Crippen LogP contribution in [0.2, 0.25) is 0 Å². The molecule has 0 bridgehead atoms. The first-order valence-corrected chi connectivity index (χ1v) is 33.1. The van der Waals surface area contributed by atoms with Gasteiger partial charge in [0.25, 0.3) is 0 Å². The molecule has 0 fully saturated rings. The van der Waals surface area contributed by atoms with Gasteiger partial charge in [-0.25, -0.2) is 4.57 Å². The van der Waals surface area contributed by atoms with Crippen LogP contribution in [-0.4, -0.2) is 74.3 Å². The van der Waals surface area contributed by atoms with Gasteiger partial charge in [0.15, 0.2) is 0 Å². The first-order valence-electron chi connectivity index (χ1n) is 31.6. The molecule has 0 aliphatic carbocycles. The van der Waals surface area contributed by atoms with E-state index in [2.05, 4.69) is 111 Å². The van der Waals surface area contributed by atoms with Gasteiger partial charge in [-0.1, -0.05) is 240 Å². The van der Waals surface area contributed by atoms with E-state index in [0.717, 1.165) is 135 Å². The number of amides is 1. The van der Waals surface area contributed by atoms with Crippen LogP contribution in [0.15, 0.2) is 97.2 Å². The maximum Gasteiger partial charge on any atom is 0.472 e. The Balaban J connectivity index is 5.25. The highest BCUT2D eigenvalue weighted by atomic mass is 31.2. The van der Waals surface area contributed by atoms with Gasteiger partial charge in [0.05, 0.1) is 33.8 Å². The minimum Gasteiger partial charge on any atom is -0.456 e. The summed E-state index contributed by atoms with van der Waals surface area (Å²) in [5.41, 5.74) is 0. The van der Waals surface area contributed by atoms with Crippen LogP contribution in [0.1, 0.15) is 265 Å². The highest BCUT2D eigenvalue weighted by Crippen LogP contribution is 2.43. The van der Waals surface area contributed by atoms with Crippen LogP contribution < -0.4 is 5.32 Å². The molecule has 3 atom stereocenters. The molecule has 1 amide bonds. The number of likely N-dealkylation sites (N-methyl/N-ethyl adjacent to an activating group) is 1. The van der Waals surface area contributed by atoms with Crippen molar-refractivity contribution in [2.45, 2.75) is 277 Å². The number of phosphoric ester groups is 1. The minimum atomic E-state index is -4.46. The van der Waals surface area contributed by atoms with Gasteiger partial charge in [-0.05, 0) is 109 Å². The van der Waals surface area contributed by atoms with Gasteiger partial charge in [0.1, 0.15) is 19.3 Å². The summed E-state index contributed by atoms with van der Waals surface area (Å²) >= 11 is 0. The van der Waals surface area contributed by atoms with E-state index >= 15 is 0 Å². The summed E-state index contributed by atoms with van der Waals surface area (Å²) in [7, 11) is 1.47. The van der Waals surface area contributed by atoms with E-state index in [4.69, 9.17) is 13.8 Å². The van der Waals surface area contributed by atoms with E-state index in [9.17, 15) is 19.0 Å². The predicted molar refractivity (Wildman–Crippen MR) is 332 cm³/mol. The lowest BCUT2D eigenvalue weighted by Gasteiger charge is -2.27. The Bertz CT molecular complexity index is 1640. The summed E-state index contributed by atoms with van der Waals surface area (Å²) in [6.45, 7) is 6.85. The van der Waals surface area contributed by atoms with Crippen LogP contribution in [-0.2, 0) is 27.9 Å². The van der Waals surface area contributed by atoms with Gasteiger partial charge < -0.3 is 19.4 Å². The number of nitrogens with one attached hydrogen (secondary N) is 1. The van der Waals surface area contributed by atoms with Gasteiger partial charge in [-0.15, -0.1) is 0 Å². The van der Waals surface area contributed by atoms with Gasteiger partial charge in [0.2, 0.25) is 5.91 Å². The lowest BCUT2D eigenvalue weighted by molar-refractivity contribution is -0.870. The molecule has 0 aliphatic rings. The third kappa shape index (κ3) is 57.4. The number of unbranched alkanes of at least 4 members (excludes halogenated alkanes) is 26. The maximum absolute atomic E-state index is 13.5. The van der Waals surface area contributed by atoms with Gasteiger partial charge in [0, 0.05) is 12.8 Å². The van der Waals surface area contributed by atoms with E-state index in [1.165, 1.54) is 96.3 Å². The van der Waals surface area contributed by atoms with Crippen molar-refractivity contribution >= 4 is 19.7 Å². The summed E-state index contributed by atoms with van der Waals surface area (Å²) in [6.07, 6.45) is 75.4. The maximum atomic E-state index is 13.5. The van der Waals surface area contributed by atoms with E-state index in [1.807, 2.05) is 33.3 Å². The molecule has 3 unspecified atom stereocenters. The molecule has 0 rings (SSSR count). The number of hydrogen-bond donors (Lipinski definition) is 2. The van der Waals surface area contributed by atoms with Crippen molar-refractivity contribution in [2.75, 3.05) is 40.9 Å². The zero-order valence-corrected chi connectivity index (χ0v) is 51.6. The second-order valence-electron chi connectivity index (χ2n) is 22.2. The van der Waals surface area contributed by atoms with Gasteiger partial charge >= 0.3 is 13.8 Å². The number of nitrogens with zero attached hydrogens (tertiary/aromatic N) is 1. The number of ether oxygens (including phenoxy) is 1. The van der Waals surface area contributed by atoms with Crippen LogP contribution in [0, 0.1) is 0 Å². The molecule has 0 radical (unpaired) electrons. The monoisotopic (exact) mass is 1100 g/mol. The van der Waals surface area contributed by atoms with Crippen LogP contribution in [0.3, 0.4) is 0 Å². The van der Waals surface area contributed by atoms with E-state index in [-0.39, 0.29) is 31.5 Å². The second kappa shape index (κ2) is 56.2. The fourth-order valence-electron chi connectivity index (χ4n) is 8.64. The molecular weight excluding hydrogens is 976 g/mol. The number of carbonyl (C=O) groups excluding carboxylic acids is 2. The summed E-state index contributed by atoms with van der Waals surface area (Å²) < 4.78 is 30.7. The van der Waals surface area contributed by atoms with Crippen LogP contribution >= 0.6 is 7.82 Å². The number of quaternary nitrogens is 1. The smallest absolute Gasteiger partial charge is 0.456 e. The van der Waals surface area contributed by atoms with E-state index in [1.54, 1.807) is 0 Å². The predicted octanol–water partition coefficient (Wildman–Crippen LogP) is 19.6. The van der Waals surface area contributed by atoms with Gasteiger partial charge in [-0.3, -0.25) is 18.6 Å². The van der Waals surface area contributed by atoms with Crippen molar-refractivity contribution in [3.05, 3.63) is 97.2 Å². The second-order valence-corrected chi connectivity index (χ2v) is 23.6. The fourth-order valence-corrected chi connectivity index (χ4v) is 9.38. The van der Waals surface area contributed by atoms with Gasteiger partial charge in [-0.2, -0.15) is 0 Å². The Morgan fingerprint density at radius 1 is 0.468 bits per heavy atom. The molecule has 444 valence electrons.